The van der Waals surface area contributed by atoms with E-state index in [4.69, 9.17) is 4.52 Å². The highest BCUT2D eigenvalue weighted by molar-refractivity contribution is 5.57. The highest BCUT2D eigenvalue weighted by atomic mass is 16.5. The van der Waals surface area contributed by atoms with Gasteiger partial charge in [-0.2, -0.15) is 0 Å². The minimum Gasteiger partial charge on any atom is -0.359 e. The van der Waals surface area contributed by atoms with Crippen molar-refractivity contribution in [3.63, 3.8) is 0 Å². The average molecular weight is 312 g/mol. The fourth-order valence-electron chi connectivity index (χ4n) is 3.80. The first kappa shape index (κ1) is 14.8. The van der Waals surface area contributed by atoms with Gasteiger partial charge in [-0.15, -0.1) is 0 Å². The van der Waals surface area contributed by atoms with E-state index >= 15 is 0 Å². The standard InChI is InChI=1S/C18H24N4O/c1-14-5-2-3-8-22(14)16-11-21(12-16)13-17-9-18(20-23-17)15-6-4-7-19-10-15/h4,6-7,9-10,14,16H,2-3,5,8,11-13H2,1H3. The predicted octanol–water partition coefficient (Wildman–Crippen LogP) is 2.80. The van der Waals surface area contributed by atoms with Crippen LogP contribution in [0.3, 0.4) is 0 Å². The maximum atomic E-state index is 5.49. The molecule has 2 aromatic rings. The van der Waals surface area contributed by atoms with Crippen molar-refractivity contribution in [1.29, 1.82) is 0 Å². The third-order valence-corrected chi connectivity index (χ3v) is 5.16. The lowest BCUT2D eigenvalue weighted by atomic mass is 9.97. The van der Waals surface area contributed by atoms with E-state index in [1.807, 2.05) is 24.4 Å². The van der Waals surface area contributed by atoms with Gasteiger partial charge in [-0.05, 0) is 38.4 Å². The van der Waals surface area contributed by atoms with Crippen molar-refractivity contribution in [3.05, 3.63) is 36.4 Å². The molecule has 122 valence electrons. The van der Waals surface area contributed by atoms with Crippen LogP contribution in [-0.4, -0.2) is 51.7 Å². The normalized spacial score (nSPS) is 23.8. The second kappa shape index (κ2) is 6.42. The zero-order chi connectivity index (χ0) is 15.6. The van der Waals surface area contributed by atoms with Crippen molar-refractivity contribution in [1.82, 2.24) is 19.9 Å². The molecule has 23 heavy (non-hydrogen) atoms. The van der Waals surface area contributed by atoms with Gasteiger partial charge in [0.2, 0.25) is 0 Å². The molecular weight excluding hydrogens is 288 g/mol. The summed E-state index contributed by atoms with van der Waals surface area (Å²) < 4.78 is 5.49. The van der Waals surface area contributed by atoms with Crippen LogP contribution in [0.5, 0.6) is 0 Å². The molecule has 0 N–H and O–H groups in total. The molecule has 4 rings (SSSR count). The van der Waals surface area contributed by atoms with E-state index in [2.05, 4.69) is 26.9 Å². The summed E-state index contributed by atoms with van der Waals surface area (Å²) in [5.41, 5.74) is 1.88. The molecule has 0 radical (unpaired) electrons. The number of nitrogens with zero attached hydrogens (tertiary/aromatic N) is 4. The third kappa shape index (κ3) is 3.16. The number of likely N-dealkylation sites (tertiary alicyclic amines) is 2. The first-order valence-corrected chi connectivity index (χ1v) is 8.64. The smallest absolute Gasteiger partial charge is 0.151 e. The van der Waals surface area contributed by atoms with Crippen LogP contribution in [0, 0.1) is 0 Å². The lowest BCUT2D eigenvalue weighted by Crippen LogP contribution is -2.61. The Labute approximate surface area is 137 Å². The number of pyridine rings is 1. The summed E-state index contributed by atoms with van der Waals surface area (Å²) in [5.74, 6) is 0.939. The average Bonchev–Trinajstić information content (AvgIpc) is 3.01. The van der Waals surface area contributed by atoms with Crippen molar-refractivity contribution in [2.24, 2.45) is 0 Å². The summed E-state index contributed by atoms with van der Waals surface area (Å²) in [5, 5.41) is 4.17. The second-order valence-electron chi connectivity index (χ2n) is 6.85. The highest BCUT2D eigenvalue weighted by Gasteiger charge is 2.35. The number of rotatable bonds is 4. The highest BCUT2D eigenvalue weighted by Crippen LogP contribution is 2.26. The Morgan fingerprint density at radius 1 is 1.30 bits per heavy atom. The molecular formula is C18H24N4O. The number of hydrogen-bond acceptors (Lipinski definition) is 5. The quantitative estimate of drug-likeness (QED) is 0.868. The zero-order valence-electron chi connectivity index (χ0n) is 13.7. The monoisotopic (exact) mass is 312 g/mol. The van der Waals surface area contributed by atoms with Crippen LogP contribution in [-0.2, 0) is 6.54 Å². The first-order valence-electron chi connectivity index (χ1n) is 8.64. The lowest BCUT2D eigenvalue weighted by Gasteiger charge is -2.49. The van der Waals surface area contributed by atoms with E-state index in [0.29, 0.717) is 0 Å². The summed E-state index contributed by atoms with van der Waals surface area (Å²) in [6.07, 6.45) is 7.69. The van der Waals surface area contributed by atoms with E-state index in [0.717, 1.165) is 48.7 Å². The largest absolute Gasteiger partial charge is 0.359 e. The van der Waals surface area contributed by atoms with Gasteiger partial charge in [0.25, 0.3) is 0 Å². The molecule has 2 aliphatic heterocycles. The lowest BCUT2D eigenvalue weighted by molar-refractivity contribution is -0.00960. The Morgan fingerprint density at radius 2 is 2.22 bits per heavy atom. The summed E-state index contributed by atoms with van der Waals surface area (Å²) in [7, 11) is 0. The Balaban J connectivity index is 1.32. The minimum absolute atomic E-state index is 0.728. The van der Waals surface area contributed by atoms with Crippen LogP contribution in [0.15, 0.2) is 35.1 Å². The van der Waals surface area contributed by atoms with Gasteiger partial charge in [0, 0.05) is 49.2 Å². The Morgan fingerprint density at radius 3 is 3.00 bits per heavy atom. The van der Waals surface area contributed by atoms with Crippen molar-refractivity contribution < 1.29 is 4.52 Å². The summed E-state index contributed by atoms with van der Waals surface area (Å²) in [6, 6.07) is 7.44. The van der Waals surface area contributed by atoms with Crippen LogP contribution in [0.1, 0.15) is 31.9 Å². The molecule has 0 spiro atoms. The molecule has 2 aromatic heterocycles. The third-order valence-electron chi connectivity index (χ3n) is 5.16. The van der Waals surface area contributed by atoms with Crippen LogP contribution in [0.25, 0.3) is 11.3 Å². The van der Waals surface area contributed by atoms with Gasteiger partial charge >= 0.3 is 0 Å². The van der Waals surface area contributed by atoms with Gasteiger partial charge in [-0.25, -0.2) is 0 Å². The van der Waals surface area contributed by atoms with E-state index in [1.54, 1.807) is 6.20 Å². The first-order chi connectivity index (χ1) is 11.3. The van der Waals surface area contributed by atoms with E-state index in [1.165, 1.54) is 25.8 Å². The van der Waals surface area contributed by atoms with Gasteiger partial charge in [-0.3, -0.25) is 14.8 Å². The molecule has 0 bridgehead atoms. The fraction of sp³-hybridized carbons (Fsp3) is 0.556. The molecule has 1 unspecified atom stereocenters. The molecule has 2 fully saturated rings. The molecule has 2 saturated heterocycles. The molecule has 0 aromatic carbocycles. The van der Waals surface area contributed by atoms with E-state index < -0.39 is 0 Å². The van der Waals surface area contributed by atoms with Crippen molar-refractivity contribution in [2.75, 3.05) is 19.6 Å². The number of hydrogen-bond donors (Lipinski definition) is 0. The topological polar surface area (TPSA) is 45.4 Å². The molecule has 5 nitrogen and oxygen atoms in total. The van der Waals surface area contributed by atoms with Gasteiger partial charge in [-0.1, -0.05) is 11.6 Å². The SMILES string of the molecule is CC1CCCCN1C1CN(Cc2cc(-c3cccnc3)no2)C1. The second-order valence-corrected chi connectivity index (χ2v) is 6.85. The van der Waals surface area contributed by atoms with Crippen molar-refractivity contribution in [2.45, 2.75) is 44.8 Å². The molecule has 2 aliphatic rings. The van der Waals surface area contributed by atoms with E-state index in [9.17, 15) is 0 Å². The molecule has 4 heterocycles. The Bertz CT molecular complexity index is 635. The molecule has 0 amide bonds. The summed E-state index contributed by atoms with van der Waals surface area (Å²) >= 11 is 0. The van der Waals surface area contributed by atoms with Crippen LogP contribution >= 0.6 is 0 Å². The Kier molecular flexibility index (Phi) is 4.14. The number of piperidine rings is 1. The van der Waals surface area contributed by atoms with Crippen molar-refractivity contribution in [3.8, 4) is 11.3 Å². The minimum atomic E-state index is 0.728. The summed E-state index contributed by atoms with van der Waals surface area (Å²) in [6.45, 7) is 6.79. The maximum Gasteiger partial charge on any atom is 0.151 e. The van der Waals surface area contributed by atoms with Crippen LogP contribution in [0.4, 0.5) is 0 Å². The summed E-state index contributed by atoms with van der Waals surface area (Å²) in [4.78, 5) is 9.27. The maximum absolute atomic E-state index is 5.49. The molecule has 5 heteroatoms. The zero-order valence-corrected chi connectivity index (χ0v) is 13.7. The van der Waals surface area contributed by atoms with Gasteiger partial charge in [0.05, 0.1) is 6.54 Å². The fourth-order valence-corrected chi connectivity index (χ4v) is 3.80. The molecule has 1 atom stereocenters. The number of aromatic nitrogens is 2. The van der Waals surface area contributed by atoms with Gasteiger partial charge in [0.15, 0.2) is 5.76 Å². The Hall–Kier alpha value is -1.72. The molecule has 0 aliphatic carbocycles. The van der Waals surface area contributed by atoms with Gasteiger partial charge in [0.1, 0.15) is 5.69 Å². The van der Waals surface area contributed by atoms with Crippen molar-refractivity contribution >= 4 is 0 Å². The van der Waals surface area contributed by atoms with Crippen LogP contribution in [0.2, 0.25) is 0 Å². The molecule has 0 saturated carbocycles. The predicted molar refractivity (Wildman–Crippen MR) is 88.8 cm³/mol. The van der Waals surface area contributed by atoms with E-state index in [-0.39, 0.29) is 0 Å². The van der Waals surface area contributed by atoms with Gasteiger partial charge < -0.3 is 4.52 Å². The van der Waals surface area contributed by atoms with Crippen LogP contribution < -0.4 is 0 Å².